The number of fused-ring (bicyclic) bond motifs is 1. The van der Waals surface area contributed by atoms with Gasteiger partial charge >= 0.3 is 0 Å². The highest BCUT2D eigenvalue weighted by molar-refractivity contribution is 7.80. The van der Waals surface area contributed by atoms with E-state index in [0.717, 1.165) is 10.2 Å². The predicted octanol–water partition coefficient (Wildman–Crippen LogP) is 5.95. The van der Waals surface area contributed by atoms with E-state index in [9.17, 15) is 9.59 Å². The minimum absolute atomic E-state index is 0.0682. The number of amides is 2. The van der Waals surface area contributed by atoms with Gasteiger partial charge in [0.15, 0.2) is 16.0 Å². The number of nitrogens with one attached hydrogen (secondary N) is 3. The van der Waals surface area contributed by atoms with Crippen molar-refractivity contribution in [1.82, 2.24) is 10.3 Å². The number of halogens is 2. The normalized spacial score (nSPS) is 10.7. The first-order valence-electron chi connectivity index (χ1n) is 9.14. The summed E-state index contributed by atoms with van der Waals surface area (Å²) in [7, 11) is 0. The Labute approximate surface area is 201 Å². The highest BCUT2D eigenvalue weighted by Gasteiger charge is 2.16. The third-order valence-corrected chi connectivity index (χ3v) is 5.87. The van der Waals surface area contributed by atoms with Crippen molar-refractivity contribution in [2.24, 2.45) is 0 Å². The number of benzene rings is 2. The second kappa shape index (κ2) is 9.25. The van der Waals surface area contributed by atoms with E-state index in [2.05, 4.69) is 20.9 Å². The van der Waals surface area contributed by atoms with Crippen molar-refractivity contribution < 1.29 is 14.0 Å². The summed E-state index contributed by atoms with van der Waals surface area (Å²) >= 11 is 18.7. The molecular formula is C21H14Cl2N4O3S2. The van der Waals surface area contributed by atoms with E-state index >= 15 is 0 Å². The Morgan fingerprint density at radius 2 is 1.88 bits per heavy atom. The van der Waals surface area contributed by atoms with E-state index in [0.29, 0.717) is 32.2 Å². The molecule has 0 bridgehead atoms. The zero-order chi connectivity index (χ0) is 22.8. The molecule has 0 saturated carbocycles. The van der Waals surface area contributed by atoms with Crippen LogP contribution < -0.4 is 16.0 Å². The maximum atomic E-state index is 12.5. The van der Waals surface area contributed by atoms with Gasteiger partial charge in [-0.3, -0.25) is 14.9 Å². The van der Waals surface area contributed by atoms with Gasteiger partial charge in [-0.2, -0.15) is 0 Å². The largest absolute Gasteiger partial charge is 0.451 e. The third-order valence-electron chi connectivity index (χ3n) is 4.18. The lowest BCUT2D eigenvalue weighted by Crippen LogP contribution is -2.33. The molecule has 0 aliphatic rings. The molecule has 0 fully saturated rings. The summed E-state index contributed by atoms with van der Waals surface area (Å²) in [5.41, 5.74) is 2.02. The van der Waals surface area contributed by atoms with Crippen molar-refractivity contribution in [2.75, 3.05) is 10.6 Å². The van der Waals surface area contributed by atoms with E-state index in [1.54, 1.807) is 36.4 Å². The number of carbonyl (C=O) groups is 2. The van der Waals surface area contributed by atoms with Gasteiger partial charge in [-0.1, -0.05) is 34.5 Å². The van der Waals surface area contributed by atoms with Crippen LogP contribution in [-0.2, 0) is 4.79 Å². The fourth-order valence-electron chi connectivity index (χ4n) is 2.85. The molecule has 4 rings (SSSR count). The number of furan rings is 1. The summed E-state index contributed by atoms with van der Waals surface area (Å²) in [5.74, 6) is -0.181. The Hall–Kier alpha value is -2.98. The second-order valence-electron chi connectivity index (χ2n) is 6.58. The Morgan fingerprint density at radius 3 is 2.62 bits per heavy atom. The number of thiocarbonyl (C=S) groups is 1. The van der Waals surface area contributed by atoms with Crippen LogP contribution in [0.5, 0.6) is 0 Å². The van der Waals surface area contributed by atoms with E-state index in [1.807, 2.05) is 6.07 Å². The van der Waals surface area contributed by atoms with E-state index in [4.69, 9.17) is 39.8 Å². The summed E-state index contributed by atoms with van der Waals surface area (Å²) in [5, 5.41) is 9.65. The molecule has 7 nitrogen and oxygen atoms in total. The number of nitrogens with zero attached hydrogens (tertiary/aromatic N) is 1. The molecule has 4 aromatic rings. The Kier molecular flexibility index (Phi) is 6.43. The molecule has 2 heterocycles. The van der Waals surface area contributed by atoms with Gasteiger partial charge in [0.05, 0.1) is 15.2 Å². The number of carbonyl (C=O) groups excluding carboxylic acids is 2. The third kappa shape index (κ3) is 5.08. The van der Waals surface area contributed by atoms with Gasteiger partial charge in [0.2, 0.25) is 5.91 Å². The van der Waals surface area contributed by atoms with Crippen LogP contribution in [0, 0.1) is 0 Å². The van der Waals surface area contributed by atoms with Gasteiger partial charge in [-0.05, 0) is 60.7 Å². The Balaban J connectivity index is 1.42. The van der Waals surface area contributed by atoms with Crippen LogP contribution in [0.1, 0.15) is 17.5 Å². The minimum Gasteiger partial charge on any atom is -0.451 e. The zero-order valence-electron chi connectivity index (χ0n) is 16.4. The molecule has 11 heteroatoms. The Morgan fingerprint density at radius 1 is 1.06 bits per heavy atom. The molecule has 2 aromatic heterocycles. The number of anilines is 2. The molecule has 2 aromatic carbocycles. The standard InChI is InChI=1S/C21H14Cl2N4O3S2/c1-10(28)24-12-3-5-15-18(9-12)32-21(25-15)27-20(31)26-19(29)17-7-6-16(30-17)13-4-2-11(22)8-14(13)23/h2-9H,1H3,(H,24,28)(H2,25,26,27,29,31). The fourth-order valence-corrected chi connectivity index (χ4v) is 4.51. The Bertz CT molecular complexity index is 1370. The fraction of sp³-hybridized carbons (Fsp3) is 0.0476. The maximum Gasteiger partial charge on any atom is 0.293 e. The van der Waals surface area contributed by atoms with E-state index in [-0.39, 0.29) is 16.8 Å². The lowest BCUT2D eigenvalue weighted by molar-refractivity contribution is -0.114. The first-order valence-corrected chi connectivity index (χ1v) is 11.1. The predicted molar refractivity (Wildman–Crippen MR) is 132 cm³/mol. The van der Waals surface area contributed by atoms with Crippen LogP contribution in [-0.4, -0.2) is 21.9 Å². The highest BCUT2D eigenvalue weighted by atomic mass is 35.5. The van der Waals surface area contributed by atoms with Crippen molar-refractivity contribution in [3.8, 4) is 11.3 Å². The molecule has 0 unspecified atom stereocenters. The molecule has 0 radical (unpaired) electrons. The molecule has 162 valence electrons. The zero-order valence-corrected chi connectivity index (χ0v) is 19.5. The van der Waals surface area contributed by atoms with Gasteiger partial charge < -0.3 is 15.1 Å². The number of rotatable bonds is 4. The van der Waals surface area contributed by atoms with Gasteiger partial charge in [0, 0.05) is 23.2 Å². The number of thiazole rings is 1. The smallest absolute Gasteiger partial charge is 0.293 e. The second-order valence-corrected chi connectivity index (χ2v) is 8.86. The summed E-state index contributed by atoms with van der Waals surface area (Å²) in [6.45, 7) is 1.44. The van der Waals surface area contributed by atoms with Crippen LogP contribution in [0.25, 0.3) is 21.5 Å². The molecule has 0 saturated heterocycles. The van der Waals surface area contributed by atoms with Crippen LogP contribution in [0.15, 0.2) is 52.9 Å². The minimum atomic E-state index is -0.520. The van der Waals surface area contributed by atoms with Crippen molar-refractivity contribution >= 4 is 84.7 Å². The monoisotopic (exact) mass is 504 g/mol. The lowest BCUT2D eigenvalue weighted by Gasteiger charge is -2.05. The average Bonchev–Trinajstić information content (AvgIpc) is 3.34. The van der Waals surface area contributed by atoms with Crippen molar-refractivity contribution in [2.45, 2.75) is 6.92 Å². The summed E-state index contributed by atoms with van der Waals surface area (Å²) in [6.07, 6.45) is 0. The van der Waals surface area contributed by atoms with Crippen LogP contribution in [0.3, 0.4) is 0 Å². The van der Waals surface area contributed by atoms with Gasteiger partial charge in [-0.25, -0.2) is 4.98 Å². The molecule has 0 spiro atoms. The SMILES string of the molecule is CC(=O)Nc1ccc2nc(NC(=S)NC(=O)c3ccc(-c4ccc(Cl)cc4Cl)o3)sc2c1. The van der Waals surface area contributed by atoms with E-state index in [1.165, 1.54) is 24.3 Å². The molecule has 0 atom stereocenters. The average molecular weight is 505 g/mol. The van der Waals surface area contributed by atoms with Gasteiger partial charge in [-0.15, -0.1) is 0 Å². The summed E-state index contributed by atoms with van der Waals surface area (Å²) in [4.78, 5) is 28.1. The quantitative estimate of drug-likeness (QED) is 0.297. The first-order chi connectivity index (χ1) is 15.3. The number of hydrogen-bond acceptors (Lipinski definition) is 6. The molecular weight excluding hydrogens is 491 g/mol. The highest BCUT2D eigenvalue weighted by Crippen LogP contribution is 2.32. The van der Waals surface area contributed by atoms with Crippen molar-refractivity contribution in [3.63, 3.8) is 0 Å². The molecule has 2 amide bonds. The van der Waals surface area contributed by atoms with Gasteiger partial charge in [0.25, 0.3) is 5.91 Å². The number of hydrogen-bond donors (Lipinski definition) is 3. The molecule has 0 aliphatic heterocycles. The van der Waals surface area contributed by atoms with Gasteiger partial charge in [0.1, 0.15) is 5.76 Å². The molecule has 3 N–H and O–H groups in total. The topological polar surface area (TPSA) is 96.3 Å². The summed E-state index contributed by atoms with van der Waals surface area (Å²) < 4.78 is 6.47. The van der Waals surface area contributed by atoms with Crippen LogP contribution in [0.4, 0.5) is 10.8 Å². The molecule has 32 heavy (non-hydrogen) atoms. The lowest BCUT2D eigenvalue weighted by atomic mass is 10.2. The number of aromatic nitrogens is 1. The molecule has 0 aliphatic carbocycles. The van der Waals surface area contributed by atoms with Crippen LogP contribution in [0.2, 0.25) is 10.0 Å². The summed E-state index contributed by atoms with van der Waals surface area (Å²) in [6, 6.07) is 13.5. The van der Waals surface area contributed by atoms with Crippen molar-refractivity contribution in [3.05, 3.63) is 64.3 Å². The maximum absolute atomic E-state index is 12.5. The van der Waals surface area contributed by atoms with E-state index < -0.39 is 5.91 Å². The van der Waals surface area contributed by atoms with Crippen molar-refractivity contribution in [1.29, 1.82) is 0 Å². The van der Waals surface area contributed by atoms with Crippen LogP contribution >= 0.6 is 46.8 Å². The first kappa shape index (κ1) is 22.2.